The van der Waals surface area contributed by atoms with E-state index in [0.29, 0.717) is 0 Å². The second kappa shape index (κ2) is 6.12. The molecule has 1 aromatic rings. The van der Waals surface area contributed by atoms with Crippen molar-refractivity contribution in [3.05, 3.63) is 22.4 Å². The minimum absolute atomic E-state index is 0.0492. The van der Waals surface area contributed by atoms with Crippen LogP contribution in [0.4, 0.5) is 0 Å². The monoisotopic (exact) mass is 239 g/mol. The molecule has 1 unspecified atom stereocenters. The maximum atomic E-state index is 5.62. The molecule has 0 saturated heterocycles. The van der Waals surface area contributed by atoms with Crippen molar-refractivity contribution >= 4 is 23.3 Å². The van der Waals surface area contributed by atoms with Gasteiger partial charge in [-0.15, -0.1) is 11.3 Å². The Balaban J connectivity index is 2.83. The summed E-state index contributed by atoms with van der Waals surface area (Å²) in [5.41, 5.74) is 16.1. The summed E-state index contributed by atoms with van der Waals surface area (Å²) in [5, 5.41) is 2.02. The van der Waals surface area contributed by atoms with E-state index in [4.69, 9.17) is 17.2 Å². The van der Waals surface area contributed by atoms with E-state index in [0.717, 1.165) is 12.8 Å². The Morgan fingerprint density at radius 3 is 2.69 bits per heavy atom. The van der Waals surface area contributed by atoms with Gasteiger partial charge in [-0.05, 0) is 17.9 Å². The highest BCUT2D eigenvalue weighted by Crippen LogP contribution is 2.26. The van der Waals surface area contributed by atoms with Gasteiger partial charge in [0, 0.05) is 4.88 Å². The number of guanidine groups is 2. The summed E-state index contributed by atoms with van der Waals surface area (Å²) in [6.45, 7) is 2.10. The lowest BCUT2D eigenvalue weighted by Gasteiger charge is -2.09. The van der Waals surface area contributed by atoms with Gasteiger partial charge in [0.2, 0.25) is 5.96 Å². The van der Waals surface area contributed by atoms with Gasteiger partial charge in [0.15, 0.2) is 5.96 Å². The SMILES string of the molecule is CCCC(N=C(N)N=C(N)N)c1cccs1. The van der Waals surface area contributed by atoms with Crippen molar-refractivity contribution in [3.8, 4) is 0 Å². The van der Waals surface area contributed by atoms with Crippen molar-refractivity contribution in [1.29, 1.82) is 0 Å². The van der Waals surface area contributed by atoms with E-state index in [1.807, 2.05) is 17.5 Å². The minimum Gasteiger partial charge on any atom is -0.370 e. The van der Waals surface area contributed by atoms with Crippen LogP contribution in [0.25, 0.3) is 0 Å². The fraction of sp³-hybridized carbons (Fsp3) is 0.400. The van der Waals surface area contributed by atoms with Gasteiger partial charge < -0.3 is 17.2 Å². The highest BCUT2D eigenvalue weighted by Gasteiger charge is 2.10. The molecule has 6 N–H and O–H groups in total. The topological polar surface area (TPSA) is 103 Å². The van der Waals surface area contributed by atoms with Gasteiger partial charge in [-0.1, -0.05) is 19.4 Å². The average Bonchev–Trinajstić information content (AvgIpc) is 2.68. The van der Waals surface area contributed by atoms with Gasteiger partial charge in [0.1, 0.15) is 0 Å². The third kappa shape index (κ3) is 3.90. The fourth-order valence-corrected chi connectivity index (χ4v) is 2.14. The molecule has 6 heteroatoms. The Bertz CT molecular complexity index is 365. The van der Waals surface area contributed by atoms with E-state index in [9.17, 15) is 0 Å². The first-order chi connectivity index (χ1) is 7.63. The van der Waals surface area contributed by atoms with Crippen LogP contribution in [0, 0.1) is 0 Å². The van der Waals surface area contributed by atoms with Crippen LogP contribution in [0.1, 0.15) is 30.7 Å². The molecule has 0 aliphatic heterocycles. The van der Waals surface area contributed by atoms with Crippen LogP contribution in [0.2, 0.25) is 0 Å². The molecule has 0 spiro atoms. The van der Waals surface area contributed by atoms with E-state index in [1.165, 1.54) is 4.88 Å². The van der Waals surface area contributed by atoms with E-state index >= 15 is 0 Å². The Hall–Kier alpha value is -1.56. The van der Waals surface area contributed by atoms with Crippen molar-refractivity contribution in [1.82, 2.24) is 0 Å². The Morgan fingerprint density at radius 2 is 2.19 bits per heavy atom. The van der Waals surface area contributed by atoms with Crippen LogP contribution in [0.15, 0.2) is 27.5 Å². The van der Waals surface area contributed by atoms with E-state index in [-0.39, 0.29) is 18.0 Å². The average molecular weight is 239 g/mol. The van der Waals surface area contributed by atoms with Crippen molar-refractivity contribution in [3.63, 3.8) is 0 Å². The standard InChI is InChI=1S/C10H17N5S/c1-2-4-7(8-5-3-6-16-8)14-10(13)15-9(11)12/h3,5-7H,2,4H2,1H3,(H6,11,12,13,14,15). The predicted octanol–water partition coefficient (Wildman–Crippen LogP) is 1.18. The molecule has 16 heavy (non-hydrogen) atoms. The summed E-state index contributed by atoms with van der Waals surface area (Å²) in [6, 6.07) is 4.08. The summed E-state index contributed by atoms with van der Waals surface area (Å²) in [4.78, 5) is 9.20. The van der Waals surface area contributed by atoms with Gasteiger partial charge >= 0.3 is 0 Å². The number of nitrogens with two attached hydrogens (primary N) is 3. The highest BCUT2D eigenvalue weighted by atomic mass is 32.1. The highest BCUT2D eigenvalue weighted by molar-refractivity contribution is 7.10. The fourth-order valence-electron chi connectivity index (χ4n) is 1.35. The van der Waals surface area contributed by atoms with Crippen LogP contribution in [-0.2, 0) is 0 Å². The number of rotatable bonds is 4. The largest absolute Gasteiger partial charge is 0.370 e. The first-order valence-electron chi connectivity index (χ1n) is 5.09. The minimum atomic E-state index is -0.0670. The molecule has 1 atom stereocenters. The van der Waals surface area contributed by atoms with Crippen LogP contribution < -0.4 is 17.2 Å². The van der Waals surface area contributed by atoms with Crippen molar-refractivity contribution in [2.24, 2.45) is 27.2 Å². The summed E-state index contributed by atoms with van der Waals surface area (Å²) in [7, 11) is 0. The number of hydrogen-bond donors (Lipinski definition) is 3. The van der Waals surface area contributed by atoms with E-state index < -0.39 is 0 Å². The number of hydrogen-bond acceptors (Lipinski definition) is 2. The molecular formula is C10H17N5S. The summed E-state index contributed by atoms with van der Waals surface area (Å²) in [5.74, 6) is 0.0644. The second-order valence-corrected chi connectivity index (χ2v) is 4.32. The van der Waals surface area contributed by atoms with Crippen LogP contribution >= 0.6 is 11.3 Å². The Labute approximate surface area is 99.1 Å². The zero-order chi connectivity index (χ0) is 12.0. The number of thiophene rings is 1. The predicted molar refractivity (Wildman–Crippen MR) is 69.4 cm³/mol. The van der Waals surface area contributed by atoms with Crippen LogP contribution in [0.3, 0.4) is 0 Å². The van der Waals surface area contributed by atoms with Crippen LogP contribution in [-0.4, -0.2) is 11.9 Å². The second-order valence-electron chi connectivity index (χ2n) is 3.34. The number of nitrogens with zero attached hydrogens (tertiary/aromatic N) is 2. The first kappa shape index (κ1) is 12.5. The Morgan fingerprint density at radius 1 is 1.44 bits per heavy atom. The molecule has 0 amide bonds. The summed E-state index contributed by atoms with van der Waals surface area (Å²) in [6.07, 6.45) is 1.96. The smallest absolute Gasteiger partial charge is 0.219 e. The third-order valence-electron chi connectivity index (χ3n) is 1.97. The zero-order valence-electron chi connectivity index (χ0n) is 9.26. The lowest BCUT2D eigenvalue weighted by Crippen LogP contribution is -2.26. The van der Waals surface area contributed by atoms with Crippen molar-refractivity contribution < 1.29 is 0 Å². The van der Waals surface area contributed by atoms with E-state index in [1.54, 1.807) is 11.3 Å². The van der Waals surface area contributed by atoms with Gasteiger partial charge in [0.05, 0.1) is 6.04 Å². The molecule has 0 aliphatic rings. The lowest BCUT2D eigenvalue weighted by atomic mass is 10.1. The van der Waals surface area contributed by atoms with Gasteiger partial charge in [0.25, 0.3) is 0 Å². The molecule has 1 heterocycles. The molecule has 0 radical (unpaired) electrons. The van der Waals surface area contributed by atoms with Gasteiger partial charge in [-0.2, -0.15) is 4.99 Å². The lowest BCUT2D eigenvalue weighted by molar-refractivity contribution is 0.649. The normalized spacial score (nSPS) is 13.4. The third-order valence-corrected chi connectivity index (χ3v) is 2.94. The van der Waals surface area contributed by atoms with Crippen molar-refractivity contribution in [2.75, 3.05) is 0 Å². The van der Waals surface area contributed by atoms with Gasteiger partial charge in [-0.3, -0.25) is 0 Å². The van der Waals surface area contributed by atoms with E-state index in [2.05, 4.69) is 16.9 Å². The summed E-state index contributed by atoms with van der Waals surface area (Å²) < 4.78 is 0. The summed E-state index contributed by atoms with van der Waals surface area (Å²) >= 11 is 1.66. The van der Waals surface area contributed by atoms with Crippen LogP contribution in [0.5, 0.6) is 0 Å². The molecule has 1 aromatic heterocycles. The quantitative estimate of drug-likeness (QED) is 0.543. The molecule has 1 rings (SSSR count). The maximum Gasteiger partial charge on any atom is 0.219 e. The Kier molecular flexibility index (Phi) is 4.78. The maximum absolute atomic E-state index is 5.62. The molecular weight excluding hydrogens is 222 g/mol. The molecule has 0 fully saturated rings. The molecule has 0 aliphatic carbocycles. The molecule has 88 valence electrons. The number of aliphatic imine (C=N–C) groups is 2. The molecule has 0 bridgehead atoms. The molecule has 0 saturated carbocycles. The van der Waals surface area contributed by atoms with Gasteiger partial charge in [-0.25, -0.2) is 4.99 Å². The first-order valence-corrected chi connectivity index (χ1v) is 5.97. The van der Waals surface area contributed by atoms with Crippen molar-refractivity contribution in [2.45, 2.75) is 25.8 Å². The molecule has 0 aromatic carbocycles. The zero-order valence-corrected chi connectivity index (χ0v) is 10.1. The molecule has 5 nitrogen and oxygen atoms in total.